The smallest absolute Gasteiger partial charge is 0.0678 e. The molecule has 0 aliphatic rings. The molecular formula is C11H18N2O. The Morgan fingerprint density at radius 2 is 2.14 bits per heavy atom. The largest absolute Gasteiger partial charge is 0.375 e. The van der Waals surface area contributed by atoms with Crippen LogP contribution in [0.25, 0.3) is 0 Å². The van der Waals surface area contributed by atoms with Gasteiger partial charge in [0.25, 0.3) is 0 Å². The first-order chi connectivity index (χ1) is 6.72. The maximum absolute atomic E-state index is 9.75. The second kappa shape index (κ2) is 8.23. The first-order valence-corrected chi connectivity index (χ1v) is 4.69. The van der Waals surface area contributed by atoms with Crippen molar-refractivity contribution in [2.75, 3.05) is 13.6 Å². The van der Waals surface area contributed by atoms with Gasteiger partial charge in [-0.2, -0.15) is 0 Å². The molecule has 0 aromatic carbocycles. The molecule has 0 amide bonds. The molecule has 0 heterocycles. The van der Waals surface area contributed by atoms with Crippen molar-refractivity contribution in [2.45, 2.75) is 20.3 Å². The highest BCUT2D eigenvalue weighted by atomic mass is 16.2. The quantitative estimate of drug-likeness (QED) is 0.481. The van der Waals surface area contributed by atoms with Crippen molar-refractivity contribution >= 4 is 0 Å². The van der Waals surface area contributed by atoms with Gasteiger partial charge in [-0.15, -0.1) is 4.91 Å². The molecule has 3 heteroatoms. The maximum atomic E-state index is 9.75. The molecule has 0 spiro atoms. The van der Waals surface area contributed by atoms with E-state index in [2.05, 4.69) is 22.2 Å². The highest BCUT2D eigenvalue weighted by molar-refractivity contribution is 5.02. The Hall–Kier alpha value is -1.38. The molecule has 0 unspecified atom stereocenters. The van der Waals surface area contributed by atoms with Crippen LogP contribution in [0.3, 0.4) is 0 Å². The van der Waals surface area contributed by atoms with Gasteiger partial charge in [-0.05, 0) is 25.4 Å². The van der Waals surface area contributed by atoms with Gasteiger partial charge >= 0.3 is 0 Å². The molecule has 0 atom stereocenters. The van der Waals surface area contributed by atoms with E-state index in [0.29, 0.717) is 0 Å². The predicted molar refractivity (Wildman–Crippen MR) is 60.8 cm³/mol. The first-order valence-electron chi connectivity index (χ1n) is 4.69. The van der Waals surface area contributed by atoms with Crippen molar-refractivity contribution in [3.8, 4) is 0 Å². The summed E-state index contributed by atoms with van der Waals surface area (Å²) in [5.74, 6) is 0. The molecule has 14 heavy (non-hydrogen) atoms. The number of likely N-dealkylation sites (N-methyl/N-ethyl adjacent to an activating group) is 1. The molecule has 3 nitrogen and oxygen atoms in total. The Labute approximate surface area is 85.8 Å². The zero-order valence-electron chi connectivity index (χ0n) is 9.10. The summed E-state index contributed by atoms with van der Waals surface area (Å²) in [6.07, 6.45) is 9.94. The van der Waals surface area contributed by atoms with E-state index >= 15 is 0 Å². The van der Waals surface area contributed by atoms with Gasteiger partial charge < -0.3 is 4.90 Å². The Morgan fingerprint density at radius 3 is 2.71 bits per heavy atom. The highest BCUT2D eigenvalue weighted by Gasteiger charge is 1.93. The molecule has 0 rings (SSSR count). The third-order valence-corrected chi connectivity index (χ3v) is 1.93. The number of hydrogen-bond acceptors (Lipinski definition) is 3. The predicted octanol–water partition coefficient (Wildman–Crippen LogP) is 3.07. The summed E-state index contributed by atoms with van der Waals surface area (Å²) >= 11 is 0. The van der Waals surface area contributed by atoms with Gasteiger partial charge in [-0.1, -0.05) is 24.3 Å². The molecule has 0 saturated carbocycles. The van der Waals surface area contributed by atoms with Crippen LogP contribution in [0, 0.1) is 4.91 Å². The summed E-state index contributed by atoms with van der Waals surface area (Å²) in [5.41, 5.74) is 1.19. The minimum Gasteiger partial charge on any atom is -0.375 e. The zero-order chi connectivity index (χ0) is 10.8. The molecule has 0 N–H and O–H groups in total. The summed E-state index contributed by atoms with van der Waals surface area (Å²) in [4.78, 5) is 11.9. The van der Waals surface area contributed by atoms with Gasteiger partial charge in [0, 0.05) is 19.3 Å². The van der Waals surface area contributed by atoms with Crippen molar-refractivity contribution in [2.24, 2.45) is 5.18 Å². The first kappa shape index (κ1) is 12.6. The molecule has 0 saturated heterocycles. The third kappa shape index (κ3) is 6.17. The minimum absolute atomic E-state index is 0.748. The second-order valence-electron chi connectivity index (χ2n) is 3.02. The van der Waals surface area contributed by atoms with E-state index in [9.17, 15) is 4.91 Å². The summed E-state index contributed by atoms with van der Waals surface area (Å²) in [6.45, 7) is 4.96. The van der Waals surface area contributed by atoms with E-state index in [0.717, 1.165) is 13.0 Å². The fourth-order valence-corrected chi connectivity index (χ4v) is 0.906. The standard InChI is InChI=1S/C11H18N2O/c1-4-5-10-13(3)11(2)8-6-7-9-12-14/h4-5,7-9H,6,10H2,1-3H3/b5-4-,9-7+,11-8-. The van der Waals surface area contributed by atoms with Crippen LogP contribution in [0.1, 0.15) is 20.3 Å². The summed E-state index contributed by atoms with van der Waals surface area (Å²) in [6, 6.07) is 0. The lowest BCUT2D eigenvalue weighted by molar-refractivity contribution is 0.464. The Bertz CT molecular complexity index is 242. The number of nitrogens with zero attached hydrogens (tertiary/aromatic N) is 2. The fourth-order valence-electron chi connectivity index (χ4n) is 0.906. The number of rotatable bonds is 6. The highest BCUT2D eigenvalue weighted by Crippen LogP contribution is 2.02. The molecule has 78 valence electrons. The SMILES string of the molecule is C/C=C\CN(C)/C(C)=C\C/C=C/N=O. The molecule has 0 fully saturated rings. The van der Waals surface area contributed by atoms with Crippen LogP contribution in [-0.2, 0) is 0 Å². The van der Waals surface area contributed by atoms with Gasteiger partial charge in [0.15, 0.2) is 0 Å². The lowest BCUT2D eigenvalue weighted by atomic mass is 10.3. The zero-order valence-corrected chi connectivity index (χ0v) is 9.10. The summed E-state index contributed by atoms with van der Waals surface area (Å²) < 4.78 is 0. The van der Waals surface area contributed by atoms with Crippen molar-refractivity contribution in [1.82, 2.24) is 4.90 Å². The monoisotopic (exact) mass is 194 g/mol. The minimum atomic E-state index is 0.748. The van der Waals surface area contributed by atoms with Crippen LogP contribution in [-0.4, -0.2) is 18.5 Å². The van der Waals surface area contributed by atoms with E-state index in [-0.39, 0.29) is 0 Å². The lowest BCUT2D eigenvalue weighted by Crippen LogP contribution is -2.15. The molecule has 0 radical (unpaired) electrons. The van der Waals surface area contributed by atoms with Crippen molar-refractivity contribution < 1.29 is 0 Å². The number of nitroso groups, excluding NO2 is 1. The molecule has 0 aliphatic carbocycles. The van der Waals surface area contributed by atoms with Crippen molar-refractivity contribution in [3.05, 3.63) is 41.1 Å². The average Bonchev–Trinajstić information content (AvgIpc) is 2.20. The lowest BCUT2D eigenvalue weighted by Gasteiger charge is -2.17. The van der Waals surface area contributed by atoms with E-state index in [4.69, 9.17) is 0 Å². The second-order valence-corrected chi connectivity index (χ2v) is 3.02. The van der Waals surface area contributed by atoms with Crippen LogP contribution in [0.5, 0.6) is 0 Å². The Balaban J connectivity index is 3.95. The van der Waals surface area contributed by atoms with Gasteiger partial charge in [0.2, 0.25) is 0 Å². The van der Waals surface area contributed by atoms with Crippen LogP contribution >= 0.6 is 0 Å². The van der Waals surface area contributed by atoms with Gasteiger partial charge in [-0.25, -0.2) is 0 Å². The van der Waals surface area contributed by atoms with Crippen molar-refractivity contribution in [1.29, 1.82) is 0 Å². The average molecular weight is 194 g/mol. The molecule has 0 aliphatic heterocycles. The van der Waals surface area contributed by atoms with E-state index < -0.39 is 0 Å². The van der Waals surface area contributed by atoms with Crippen molar-refractivity contribution in [3.63, 3.8) is 0 Å². The number of allylic oxidation sites excluding steroid dienone is 4. The van der Waals surface area contributed by atoms with Crippen LogP contribution < -0.4 is 0 Å². The summed E-state index contributed by atoms with van der Waals surface area (Å²) in [5, 5.41) is 2.64. The Morgan fingerprint density at radius 1 is 1.43 bits per heavy atom. The van der Waals surface area contributed by atoms with Crippen LogP contribution in [0.4, 0.5) is 0 Å². The molecule has 0 aromatic heterocycles. The van der Waals surface area contributed by atoms with E-state index in [1.807, 2.05) is 27.0 Å². The third-order valence-electron chi connectivity index (χ3n) is 1.93. The maximum Gasteiger partial charge on any atom is 0.0678 e. The fraction of sp³-hybridized carbons (Fsp3) is 0.455. The van der Waals surface area contributed by atoms with Crippen LogP contribution in [0.15, 0.2) is 41.4 Å². The van der Waals surface area contributed by atoms with Crippen LogP contribution in [0.2, 0.25) is 0 Å². The molecular weight excluding hydrogens is 176 g/mol. The van der Waals surface area contributed by atoms with Gasteiger partial charge in [-0.3, -0.25) is 0 Å². The van der Waals surface area contributed by atoms with Gasteiger partial charge in [0.1, 0.15) is 0 Å². The molecule has 0 aromatic rings. The van der Waals surface area contributed by atoms with Gasteiger partial charge in [0.05, 0.1) is 6.20 Å². The summed E-state index contributed by atoms with van der Waals surface area (Å²) in [7, 11) is 2.04. The topological polar surface area (TPSA) is 32.7 Å². The molecule has 0 bridgehead atoms. The van der Waals surface area contributed by atoms with E-state index in [1.54, 1.807) is 6.08 Å². The normalized spacial score (nSPS) is 12.6. The Kier molecular flexibility index (Phi) is 7.42. The number of hydrogen-bond donors (Lipinski definition) is 0. The van der Waals surface area contributed by atoms with E-state index in [1.165, 1.54) is 11.9 Å².